The third kappa shape index (κ3) is 2.14. The third-order valence-electron chi connectivity index (χ3n) is 2.38. The zero-order valence-corrected chi connectivity index (χ0v) is 9.40. The average Bonchev–Trinajstić information content (AvgIpc) is 2.33. The molecule has 0 saturated heterocycles. The molecule has 0 aliphatic rings. The van der Waals surface area contributed by atoms with Crippen molar-refractivity contribution in [3.8, 4) is 5.75 Å². The minimum atomic E-state index is 0.825. The van der Waals surface area contributed by atoms with E-state index in [0.717, 1.165) is 22.8 Å². The number of anilines is 2. The molecular weight excluding hydrogens is 200 g/mol. The first-order valence-electron chi connectivity index (χ1n) is 5.13. The first-order valence-corrected chi connectivity index (χ1v) is 5.13. The molecule has 0 amide bonds. The fraction of sp³-hybridized carbons (Fsp3) is 0.154. The summed E-state index contributed by atoms with van der Waals surface area (Å²) >= 11 is 0. The van der Waals surface area contributed by atoms with E-state index >= 15 is 0 Å². The summed E-state index contributed by atoms with van der Waals surface area (Å²) in [6.07, 6.45) is 1.78. The molecule has 2 aromatic rings. The molecule has 0 fully saturated rings. The van der Waals surface area contributed by atoms with E-state index in [1.54, 1.807) is 13.3 Å². The van der Waals surface area contributed by atoms with Crippen LogP contribution in [0.5, 0.6) is 5.75 Å². The normalized spacial score (nSPS) is 9.88. The summed E-state index contributed by atoms with van der Waals surface area (Å²) in [6, 6.07) is 11.7. The van der Waals surface area contributed by atoms with Gasteiger partial charge in [0.1, 0.15) is 5.75 Å². The monoisotopic (exact) mass is 214 g/mol. The van der Waals surface area contributed by atoms with Gasteiger partial charge < -0.3 is 10.1 Å². The Bertz CT molecular complexity index is 483. The smallest absolute Gasteiger partial charge is 0.142 e. The van der Waals surface area contributed by atoms with Gasteiger partial charge in [0.15, 0.2) is 0 Å². The molecule has 82 valence electrons. The van der Waals surface area contributed by atoms with E-state index in [0.29, 0.717) is 0 Å². The molecule has 3 nitrogen and oxygen atoms in total. The van der Waals surface area contributed by atoms with Crippen molar-refractivity contribution in [1.29, 1.82) is 0 Å². The first-order chi connectivity index (χ1) is 7.81. The molecule has 1 aromatic heterocycles. The van der Waals surface area contributed by atoms with Crippen molar-refractivity contribution in [3.05, 3.63) is 48.3 Å². The number of nitrogens with zero attached hydrogens (tertiary/aromatic N) is 1. The minimum Gasteiger partial charge on any atom is -0.495 e. The highest BCUT2D eigenvalue weighted by atomic mass is 16.5. The molecule has 0 unspecified atom stereocenters. The van der Waals surface area contributed by atoms with Crippen molar-refractivity contribution in [1.82, 2.24) is 4.98 Å². The first kappa shape index (κ1) is 10.5. The highest BCUT2D eigenvalue weighted by Gasteiger charge is 2.03. The lowest BCUT2D eigenvalue weighted by atomic mass is 10.2. The molecule has 1 N–H and O–H groups in total. The van der Waals surface area contributed by atoms with Gasteiger partial charge in [-0.15, -0.1) is 0 Å². The van der Waals surface area contributed by atoms with Gasteiger partial charge in [-0.3, -0.25) is 4.98 Å². The van der Waals surface area contributed by atoms with Crippen molar-refractivity contribution in [2.75, 3.05) is 12.4 Å². The van der Waals surface area contributed by atoms with Crippen molar-refractivity contribution < 1.29 is 4.74 Å². The number of hydrogen-bond acceptors (Lipinski definition) is 3. The van der Waals surface area contributed by atoms with Crippen LogP contribution in [-0.4, -0.2) is 12.1 Å². The molecule has 1 heterocycles. The minimum absolute atomic E-state index is 0.825. The van der Waals surface area contributed by atoms with E-state index in [-0.39, 0.29) is 0 Å². The van der Waals surface area contributed by atoms with E-state index in [9.17, 15) is 0 Å². The summed E-state index contributed by atoms with van der Waals surface area (Å²) in [7, 11) is 1.66. The summed E-state index contributed by atoms with van der Waals surface area (Å²) in [5.41, 5.74) is 2.90. The van der Waals surface area contributed by atoms with E-state index in [1.165, 1.54) is 0 Å². The molecule has 0 bridgehead atoms. The number of rotatable bonds is 3. The molecule has 0 atom stereocenters. The second kappa shape index (κ2) is 4.66. The maximum Gasteiger partial charge on any atom is 0.142 e. The number of methoxy groups -OCH3 is 1. The molecule has 0 aliphatic carbocycles. The molecule has 0 radical (unpaired) electrons. The standard InChI is InChI=1S/C13H14N2O/c1-10-11(7-5-9-14-10)15-12-6-3-4-8-13(12)16-2/h3-9,15H,1-2H3. The Morgan fingerprint density at radius 2 is 1.81 bits per heavy atom. The number of ether oxygens (including phenoxy) is 1. The second-order valence-corrected chi connectivity index (χ2v) is 3.46. The van der Waals surface area contributed by atoms with Crippen LogP contribution in [0.3, 0.4) is 0 Å². The average molecular weight is 214 g/mol. The summed E-state index contributed by atoms with van der Waals surface area (Å²) in [5, 5.41) is 3.30. The van der Waals surface area contributed by atoms with Crippen molar-refractivity contribution in [2.45, 2.75) is 6.92 Å². The Morgan fingerprint density at radius 3 is 2.56 bits per heavy atom. The maximum atomic E-state index is 5.27. The van der Waals surface area contributed by atoms with Crippen molar-refractivity contribution in [3.63, 3.8) is 0 Å². The third-order valence-corrected chi connectivity index (χ3v) is 2.38. The number of benzene rings is 1. The largest absolute Gasteiger partial charge is 0.495 e. The Hall–Kier alpha value is -2.03. The van der Waals surface area contributed by atoms with E-state index in [1.807, 2.05) is 43.3 Å². The molecule has 0 spiro atoms. The lowest BCUT2D eigenvalue weighted by Crippen LogP contribution is -1.97. The van der Waals surface area contributed by atoms with E-state index in [2.05, 4.69) is 10.3 Å². The number of nitrogens with one attached hydrogen (secondary N) is 1. The van der Waals surface area contributed by atoms with Crippen LogP contribution in [0.25, 0.3) is 0 Å². The van der Waals surface area contributed by atoms with Gasteiger partial charge in [-0.25, -0.2) is 0 Å². The van der Waals surface area contributed by atoms with Gasteiger partial charge in [0, 0.05) is 6.20 Å². The summed E-state index contributed by atoms with van der Waals surface area (Å²) < 4.78 is 5.27. The quantitative estimate of drug-likeness (QED) is 0.852. The summed E-state index contributed by atoms with van der Waals surface area (Å²) in [5.74, 6) is 0.825. The fourth-order valence-corrected chi connectivity index (χ4v) is 1.51. The van der Waals surface area contributed by atoms with Gasteiger partial charge in [-0.2, -0.15) is 0 Å². The van der Waals surface area contributed by atoms with Crippen LogP contribution in [-0.2, 0) is 0 Å². The van der Waals surface area contributed by atoms with Crippen LogP contribution in [0.2, 0.25) is 0 Å². The Kier molecular flexibility index (Phi) is 3.05. The van der Waals surface area contributed by atoms with Crippen LogP contribution in [0, 0.1) is 6.92 Å². The molecule has 0 saturated carbocycles. The molecule has 0 aliphatic heterocycles. The highest BCUT2D eigenvalue weighted by molar-refractivity contribution is 5.67. The zero-order valence-electron chi connectivity index (χ0n) is 9.40. The van der Waals surface area contributed by atoms with Gasteiger partial charge in [0.05, 0.1) is 24.2 Å². The molecule has 3 heteroatoms. The van der Waals surface area contributed by atoms with Crippen molar-refractivity contribution in [2.24, 2.45) is 0 Å². The Balaban J connectivity index is 2.30. The molecular formula is C13H14N2O. The highest BCUT2D eigenvalue weighted by Crippen LogP contribution is 2.27. The SMILES string of the molecule is COc1ccccc1Nc1cccnc1C. The maximum absolute atomic E-state index is 5.27. The molecule has 1 aromatic carbocycles. The van der Waals surface area contributed by atoms with Crippen LogP contribution in [0.1, 0.15) is 5.69 Å². The fourth-order valence-electron chi connectivity index (χ4n) is 1.51. The van der Waals surface area contributed by atoms with Gasteiger partial charge in [-0.1, -0.05) is 12.1 Å². The number of para-hydroxylation sites is 2. The summed E-state index contributed by atoms with van der Waals surface area (Å²) in [4.78, 5) is 4.23. The molecule has 16 heavy (non-hydrogen) atoms. The van der Waals surface area contributed by atoms with Crippen LogP contribution in [0.15, 0.2) is 42.6 Å². The second-order valence-electron chi connectivity index (χ2n) is 3.46. The predicted octanol–water partition coefficient (Wildman–Crippen LogP) is 3.14. The van der Waals surface area contributed by atoms with Crippen LogP contribution >= 0.6 is 0 Å². The van der Waals surface area contributed by atoms with Gasteiger partial charge >= 0.3 is 0 Å². The van der Waals surface area contributed by atoms with Gasteiger partial charge in [-0.05, 0) is 31.2 Å². The Labute approximate surface area is 95.1 Å². The number of aryl methyl sites for hydroxylation is 1. The lowest BCUT2D eigenvalue weighted by molar-refractivity contribution is 0.417. The zero-order chi connectivity index (χ0) is 11.4. The van der Waals surface area contributed by atoms with E-state index < -0.39 is 0 Å². The van der Waals surface area contributed by atoms with Crippen LogP contribution in [0.4, 0.5) is 11.4 Å². The number of pyridine rings is 1. The lowest BCUT2D eigenvalue weighted by Gasteiger charge is -2.11. The van der Waals surface area contributed by atoms with E-state index in [4.69, 9.17) is 4.74 Å². The van der Waals surface area contributed by atoms with Gasteiger partial charge in [0.2, 0.25) is 0 Å². The topological polar surface area (TPSA) is 34.1 Å². The molecule has 2 rings (SSSR count). The van der Waals surface area contributed by atoms with Crippen molar-refractivity contribution >= 4 is 11.4 Å². The van der Waals surface area contributed by atoms with Gasteiger partial charge in [0.25, 0.3) is 0 Å². The summed E-state index contributed by atoms with van der Waals surface area (Å²) in [6.45, 7) is 1.97. The van der Waals surface area contributed by atoms with Crippen LogP contribution < -0.4 is 10.1 Å². The Morgan fingerprint density at radius 1 is 1.06 bits per heavy atom. The number of aromatic nitrogens is 1. The predicted molar refractivity (Wildman–Crippen MR) is 65.3 cm³/mol. The number of hydrogen-bond donors (Lipinski definition) is 1.